The van der Waals surface area contributed by atoms with Gasteiger partial charge in [0.15, 0.2) is 5.76 Å². The van der Waals surface area contributed by atoms with E-state index in [2.05, 4.69) is 5.16 Å². The predicted octanol–water partition coefficient (Wildman–Crippen LogP) is 1.85. The standard InChI is InChI=1S/C19H23N3O5S/c1-14-19(15(2)27-20-14)28(24,25)22-12-10-21(11-13-22)18(23)9-8-16-6-4-5-7-17(16)26-3/h4-9H,10-13H2,1-3H3/b9-8+. The molecule has 1 amide bonds. The van der Waals surface area contributed by atoms with Crippen LogP contribution >= 0.6 is 0 Å². The Kier molecular flexibility index (Phi) is 5.85. The zero-order valence-electron chi connectivity index (χ0n) is 16.1. The minimum Gasteiger partial charge on any atom is -0.496 e. The number of ether oxygens (including phenoxy) is 1. The summed E-state index contributed by atoms with van der Waals surface area (Å²) in [5, 5.41) is 3.72. The minimum absolute atomic E-state index is 0.114. The van der Waals surface area contributed by atoms with Crippen molar-refractivity contribution in [3.63, 3.8) is 0 Å². The van der Waals surface area contributed by atoms with Crippen molar-refractivity contribution in [3.8, 4) is 5.75 Å². The largest absolute Gasteiger partial charge is 0.496 e. The molecule has 8 nitrogen and oxygen atoms in total. The summed E-state index contributed by atoms with van der Waals surface area (Å²) >= 11 is 0. The summed E-state index contributed by atoms with van der Waals surface area (Å²) in [7, 11) is -2.11. The Morgan fingerprint density at radius 1 is 1.18 bits per heavy atom. The van der Waals surface area contributed by atoms with Crippen molar-refractivity contribution < 1.29 is 22.5 Å². The number of carbonyl (C=O) groups is 1. The number of sulfonamides is 1. The highest BCUT2D eigenvalue weighted by Gasteiger charge is 2.33. The summed E-state index contributed by atoms with van der Waals surface area (Å²) in [5.74, 6) is 0.790. The molecule has 9 heteroatoms. The maximum absolute atomic E-state index is 12.8. The van der Waals surface area contributed by atoms with Crippen molar-refractivity contribution in [2.24, 2.45) is 0 Å². The molecule has 0 atom stereocenters. The van der Waals surface area contributed by atoms with E-state index >= 15 is 0 Å². The summed E-state index contributed by atoms with van der Waals surface area (Å²) < 4.78 is 37.3. The molecule has 150 valence electrons. The lowest BCUT2D eigenvalue weighted by Crippen LogP contribution is -2.50. The molecule has 0 unspecified atom stereocenters. The fourth-order valence-electron chi connectivity index (χ4n) is 3.19. The van der Waals surface area contributed by atoms with Crippen molar-refractivity contribution in [1.29, 1.82) is 0 Å². The van der Waals surface area contributed by atoms with Gasteiger partial charge in [0, 0.05) is 37.8 Å². The molecule has 0 N–H and O–H groups in total. The van der Waals surface area contributed by atoms with E-state index in [1.165, 1.54) is 10.4 Å². The molecular weight excluding hydrogens is 382 g/mol. The van der Waals surface area contributed by atoms with Crippen LogP contribution in [-0.2, 0) is 14.8 Å². The zero-order chi connectivity index (χ0) is 20.3. The van der Waals surface area contributed by atoms with Crippen LogP contribution in [0.5, 0.6) is 5.75 Å². The third-order valence-electron chi connectivity index (χ3n) is 4.66. The number of amides is 1. The highest BCUT2D eigenvalue weighted by molar-refractivity contribution is 7.89. The number of piperazine rings is 1. The van der Waals surface area contributed by atoms with E-state index in [1.54, 1.807) is 31.9 Å². The SMILES string of the molecule is COc1ccccc1/C=C/C(=O)N1CCN(S(=O)(=O)c2c(C)noc2C)CC1. The molecule has 2 aromatic rings. The summed E-state index contributed by atoms with van der Waals surface area (Å²) in [6, 6.07) is 7.40. The smallest absolute Gasteiger partial charge is 0.248 e. The van der Waals surface area contributed by atoms with Crippen LogP contribution in [0, 0.1) is 13.8 Å². The number of hydrogen-bond acceptors (Lipinski definition) is 6. The Balaban J connectivity index is 1.65. The first-order chi connectivity index (χ1) is 13.3. The molecule has 2 heterocycles. The van der Waals surface area contributed by atoms with Crippen molar-refractivity contribution in [1.82, 2.24) is 14.4 Å². The van der Waals surface area contributed by atoms with E-state index < -0.39 is 10.0 Å². The predicted molar refractivity (Wildman–Crippen MR) is 103 cm³/mol. The van der Waals surface area contributed by atoms with Crippen LogP contribution in [0.15, 0.2) is 39.8 Å². The molecule has 3 rings (SSSR count). The van der Waals surface area contributed by atoms with Gasteiger partial charge in [-0.15, -0.1) is 0 Å². The first kappa shape index (κ1) is 20.1. The Bertz CT molecular complexity index is 969. The van der Waals surface area contributed by atoms with E-state index in [4.69, 9.17) is 9.26 Å². The molecule has 0 bridgehead atoms. The van der Waals surface area contributed by atoms with Gasteiger partial charge < -0.3 is 14.2 Å². The van der Waals surface area contributed by atoms with Crippen molar-refractivity contribution >= 4 is 22.0 Å². The molecule has 0 spiro atoms. The van der Waals surface area contributed by atoms with Gasteiger partial charge in [0.2, 0.25) is 15.9 Å². The van der Waals surface area contributed by atoms with Crippen LogP contribution in [0.3, 0.4) is 0 Å². The molecule has 0 saturated carbocycles. The average molecular weight is 405 g/mol. The van der Waals surface area contributed by atoms with E-state index in [-0.39, 0.29) is 29.7 Å². The second kappa shape index (κ2) is 8.15. The second-order valence-corrected chi connectivity index (χ2v) is 8.33. The van der Waals surface area contributed by atoms with Crippen LogP contribution in [0.1, 0.15) is 17.0 Å². The molecule has 1 aliphatic rings. The number of para-hydroxylation sites is 1. The summed E-state index contributed by atoms with van der Waals surface area (Å²) in [5.41, 5.74) is 1.15. The summed E-state index contributed by atoms with van der Waals surface area (Å²) in [4.78, 5) is 14.2. The van der Waals surface area contributed by atoms with E-state index in [0.29, 0.717) is 24.5 Å². The molecule has 1 saturated heterocycles. The van der Waals surface area contributed by atoms with Crippen molar-refractivity contribution in [2.45, 2.75) is 18.7 Å². The summed E-state index contributed by atoms with van der Waals surface area (Å²) in [6.07, 6.45) is 3.18. The quantitative estimate of drug-likeness (QED) is 0.705. The molecule has 1 aliphatic heterocycles. The van der Waals surface area contributed by atoms with Gasteiger partial charge in [-0.05, 0) is 26.0 Å². The van der Waals surface area contributed by atoms with Crippen LogP contribution < -0.4 is 4.74 Å². The van der Waals surface area contributed by atoms with Crippen LogP contribution in [0.2, 0.25) is 0 Å². The van der Waals surface area contributed by atoms with E-state index in [9.17, 15) is 13.2 Å². The number of aromatic nitrogens is 1. The molecular formula is C19H23N3O5S. The van der Waals surface area contributed by atoms with Crippen molar-refractivity contribution in [3.05, 3.63) is 47.4 Å². The average Bonchev–Trinajstić information content (AvgIpc) is 3.05. The third kappa shape index (κ3) is 3.95. The van der Waals surface area contributed by atoms with Crippen molar-refractivity contribution in [2.75, 3.05) is 33.3 Å². The number of carbonyl (C=O) groups excluding carboxylic acids is 1. The topological polar surface area (TPSA) is 93.0 Å². The van der Waals surface area contributed by atoms with Gasteiger partial charge in [0.05, 0.1) is 7.11 Å². The fourth-order valence-corrected chi connectivity index (χ4v) is 4.90. The maximum atomic E-state index is 12.8. The highest BCUT2D eigenvalue weighted by Crippen LogP contribution is 2.24. The lowest BCUT2D eigenvalue weighted by molar-refractivity contribution is -0.127. The normalized spacial score (nSPS) is 15.9. The van der Waals surface area contributed by atoms with Gasteiger partial charge in [0.1, 0.15) is 16.3 Å². The first-order valence-electron chi connectivity index (χ1n) is 8.87. The van der Waals surface area contributed by atoms with Crippen LogP contribution in [0.4, 0.5) is 0 Å². The molecule has 1 fully saturated rings. The third-order valence-corrected chi connectivity index (χ3v) is 6.80. The number of benzene rings is 1. The molecule has 28 heavy (non-hydrogen) atoms. The number of rotatable bonds is 5. The zero-order valence-corrected chi connectivity index (χ0v) is 16.9. The molecule has 0 aliphatic carbocycles. The number of aryl methyl sites for hydroxylation is 2. The molecule has 1 aromatic carbocycles. The maximum Gasteiger partial charge on any atom is 0.248 e. The second-order valence-electron chi connectivity index (χ2n) is 6.46. The minimum atomic E-state index is -3.69. The van der Waals surface area contributed by atoms with Crippen LogP contribution in [0.25, 0.3) is 6.08 Å². The van der Waals surface area contributed by atoms with Gasteiger partial charge in [-0.2, -0.15) is 4.31 Å². The van der Waals surface area contributed by atoms with Gasteiger partial charge in [-0.25, -0.2) is 8.42 Å². The summed E-state index contributed by atoms with van der Waals surface area (Å²) in [6.45, 7) is 4.26. The number of nitrogens with zero attached hydrogens (tertiary/aromatic N) is 3. The number of methoxy groups -OCH3 is 1. The Hall–Kier alpha value is -2.65. The number of hydrogen-bond donors (Lipinski definition) is 0. The van der Waals surface area contributed by atoms with E-state index in [1.807, 2.05) is 24.3 Å². The lowest BCUT2D eigenvalue weighted by Gasteiger charge is -2.33. The monoisotopic (exact) mass is 405 g/mol. The fraction of sp³-hybridized carbons (Fsp3) is 0.368. The Morgan fingerprint density at radius 3 is 2.46 bits per heavy atom. The van der Waals surface area contributed by atoms with Gasteiger partial charge in [0.25, 0.3) is 0 Å². The first-order valence-corrected chi connectivity index (χ1v) is 10.3. The Morgan fingerprint density at radius 2 is 1.86 bits per heavy atom. The Labute approximate surface area is 164 Å². The lowest BCUT2D eigenvalue weighted by atomic mass is 10.2. The van der Waals surface area contributed by atoms with Gasteiger partial charge in [-0.1, -0.05) is 23.4 Å². The highest BCUT2D eigenvalue weighted by atomic mass is 32.2. The van der Waals surface area contributed by atoms with Gasteiger partial charge >= 0.3 is 0 Å². The van der Waals surface area contributed by atoms with Gasteiger partial charge in [-0.3, -0.25) is 4.79 Å². The van der Waals surface area contributed by atoms with E-state index in [0.717, 1.165) is 5.56 Å². The molecule has 1 aromatic heterocycles. The van der Waals surface area contributed by atoms with Crippen LogP contribution in [-0.4, -0.2) is 62.0 Å². The molecule has 0 radical (unpaired) electrons.